The maximum atomic E-state index is 12.9. The van der Waals surface area contributed by atoms with E-state index in [2.05, 4.69) is 29.2 Å². The van der Waals surface area contributed by atoms with Crippen LogP contribution in [0.3, 0.4) is 0 Å². The Hall–Kier alpha value is -2.08. The van der Waals surface area contributed by atoms with E-state index < -0.39 is 0 Å². The number of ether oxygens (including phenoxy) is 1. The Bertz CT molecular complexity index is 600. The monoisotopic (exact) mass is 359 g/mol. The molecule has 0 aromatic heterocycles. The first-order valence-corrected chi connectivity index (χ1v) is 9.64. The van der Waals surface area contributed by atoms with Gasteiger partial charge in [0, 0.05) is 39.3 Å². The number of likely N-dealkylation sites (tertiary alicyclic amines) is 1. The smallest absolute Gasteiger partial charge is 0.409 e. The normalized spacial score (nSPS) is 21.5. The van der Waals surface area contributed by atoms with Gasteiger partial charge in [0.25, 0.3) is 0 Å². The number of piperidine rings is 1. The molecule has 1 unspecified atom stereocenters. The van der Waals surface area contributed by atoms with Gasteiger partial charge in [-0.3, -0.25) is 9.69 Å². The third-order valence-electron chi connectivity index (χ3n) is 5.22. The zero-order valence-electron chi connectivity index (χ0n) is 15.6. The van der Waals surface area contributed by atoms with Gasteiger partial charge in [-0.1, -0.05) is 30.3 Å². The summed E-state index contributed by atoms with van der Waals surface area (Å²) in [6.45, 7) is 7.30. The Morgan fingerprint density at radius 3 is 2.42 bits per heavy atom. The largest absolute Gasteiger partial charge is 0.450 e. The lowest BCUT2D eigenvalue weighted by atomic mass is 9.95. The topological polar surface area (TPSA) is 53.1 Å². The number of carbonyl (C=O) groups excluding carboxylic acids is 2. The Kier molecular flexibility index (Phi) is 6.50. The zero-order chi connectivity index (χ0) is 18.4. The molecule has 2 saturated heterocycles. The van der Waals surface area contributed by atoms with Crippen molar-refractivity contribution >= 4 is 12.0 Å². The van der Waals surface area contributed by atoms with Gasteiger partial charge in [0.15, 0.2) is 0 Å². The summed E-state index contributed by atoms with van der Waals surface area (Å²) in [4.78, 5) is 30.7. The van der Waals surface area contributed by atoms with Crippen molar-refractivity contribution in [3.63, 3.8) is 0 Å². The van der Waals surface area contributed by atoms with Gasteiger partial charge in [0.1, 0.15) is 0 Å². The third kappa shape index (κ3) is 4.75. The van der Waals surface area contributed by atoms with E-state index in [1.165, 1.54) is 5.56 Å². The van der Waals surface area contributed by atoms with Crippen molar-refractivity contribution in [2.75, 3.05) is 45.9 Å². The molecule has 3 rings (SSSR count). The fraction of sp³-hybridized carbons (Fsp3) is 0.600. The molecule has 2 aliphatic rings. The molecule has 142 valence electrons. The van der Waals surface area contributed by atoms with Crippen LogP contribution in [-0.4, -0.2) is 72.6 Å². The molecule has 0 radical (unpaired) electrons. The first-order chi connectivity index (χ1) is 12.7. The zero-order valence-corrected chi connectivity index (χ0v) is 15.6. The molecular formula is C20H29N3O3. The second-order valence-electron chi connectivity index (χ2n) is 7.07. The maximum absolute atomic E-state index is 12.9. The van der Waals surface area contributed by atoms with Crippen LogP contribution in [-0.2, 0) is 16.1 Å². The Labute approximate surface area is 155 Å². The minimum atomic E-state index is -0.272. The first kappa shape index (κ1) is 18.7. The van der Waals surface area contributed by atoms with E-state index in [9.17, 15) is 9.59 Å². The standard InChI is InChI=1S/C20H29N3O3/c1-2-26-20(25)23-13-11-22(12-14-23)19(24)18-9-6-10-21(16-18)15-17-7-4-3-5-8-17/h3-5,7-8,18H,2,6,9-16H2,1H3. The van der Waals surface area contributed by atoms with Crippen LogP contribution in [0.2, 0.25) is 0 Å². The molecule has 1 aromatic rings. The van der Waals surface area contributed by atoms with Crippen molar-refractivity contribution in [1.29, 1.82) is 0 Å². The molecule has 1 aromatic carbocycles. The van der Waals surface area contributed by atoms with E-state index in [4.69, 9.17) is 4.74 Å². The molecule has 2 amide bonds. The number of rotatable bonds is 4. The van der Waals surface area contributed by atoms with Gasteiger partial charge in [-0.15, -0.1) is 0 Å². The quantitative estimate of drug-likeness (QED) is 0.827. The molecule has 1 atom stereocenters. The molecule has 2 heterocycles. The number of hydrogen-bond acceptors (Lipinski definition) is 4. The Morgan fingerprint density at radius 2 is 1.73 bits per heavy atom. The summed E-state index contributed by atoms with van der Waals surface area (Å²) in [6, 6.07) is 10.4. The average Bonchev–Trinajstić information content (AvgIpc) is 2.69. The van der Waals surface area contributed by atoms with Crippen molar-refractivity contribution in [3.05, 3.63) is 35.9 Å². The summed E-state index contributed by atoms with van der Waals surface area (Å²) in [5.74, 6) is 0.313. The van der Waals surface area contributed by atoms with E-state index in [-0.39, 0.29) is 17.9 Å². The molecule has 6 nitrogen and oxygen atoms in total. The summed E-state index contributed by atoms with van der Waals surface area (Å²) < 4.78 is 5.04. The molecule has 2 aliphatic heterocycles. The van der Waals surface area contributed by atoms with Gasteiger partial charge in [-0.25, -0.2) is 4.79 Å². The van der Waals surface area contributed by atoms with E-state index >= 15 is 0 Å². The molecule has 0 aliphatic carbocycles. The van der Waals surface area contributed by atoms with Crippen molar-refractivity contribution < 1.29 is 14.3 Å². The summed E-state index contributed by atoms with van der Waals surface area (Å²) in [5, 5.41) is 0. The second-order valence-corrected chi connectivity index (χ2v) is 7.07. The molecule has 6 heteroatoms. The minimum absolute atomic E-state index is 0.0709. The summed E-state index contributed by atoms with van der Waals surface area (Å²) in [6.07, 6.45) is 1.75. The fourth-order valence-corrected chi connectivity index (χ4v) is 3.82. The lowest BCUT2D eigenvalue weighted by molar-refractivity contribution is -0.139. The SMILES string of the molecule is CCOC(=O)N1CCN(C(=O)C2CCCN(Cc3ccccc3)C2)CC1. The van der Waals surface area contributed by atoms with Crippen LogP contribution in [0.4, 0.5) is 4.79 Å². The van der Waals surface area contributed by atoms with Gasteiger partial charge in [-0.05, 0) is 31.9 Å². The highest BCUT2D eigenvalue weighted by molar-refractivity contribution is 5.79. The average molecular weight is 359 g/mol. The van der Waals surface area contributed by atoms with Crippen LogP contribution in [0.25, 0.3) is 0 Å². The number of benzene rings is 1. The number of nitrogens with zero attached hydrogens (tertiary/aromatic N) is 3. The fourth-order valence-electron chi connectivity index (χ4n) is 3.82. The minimum Gasteiger partial charge on any atom is -0.450 e. The number of amides is 2. The van der Waals surface area contributed by atoms with Crippen LogP contribution >= 0.6 is 0 Å². The number of hydrogen-bond donors (Lipinski definition) is 0. The molecule has 0 spiro atoms. The van der Waals surface area contributed by atoms with Gasteiger partial charge in [0.05, 0.1) is 12.5 Å². The van der Waals surface area contributed by atoms with Crippen LogP contribution in [0.5, 0.6) is 0 Å². The molecule has 26 heavy (non-hydrogen) atoms. The van der Waals surface area contributed by atoms with Crippen LogP contribution < -0.4 is 0 Å². The van der Waals surface area contributed by atoms with Crippen LogP contribution in [0.15, 0.2) is 30.3 Å². The second kappa shape index (κ2) is 9.03. The van der Waals surface area contributed by atoms with E-state index in [1.807, 2.05) is 17.9 Å². The molecule has 0 bridgehead atoms. The summed E-state index contributed by atoms with van der Waals surface area (Å²) in [5.41, 5.74) is 1.30. The highest BCUT2D eigenvalue weighted by Gasteiger charge is 2.32. The highest BCUT2D eigenvalue weighted by atomic mass is 16.6. The summed E-state index contributed by atoms with van der Waals surface area (Å²) in [7, 11) is 0. The first-order valence-electron chi connectivity index (χ1n) is 9.64. The van der Waals surface area contributed by atoms with Gasteiger partial charge < -0.3 is 14.5 Å². The Morgan fingerprint density at radius 1 is 1.04 bits per heavy atom. The highest BCUT2D eigenvalue weighted by Crippen LogP contribution is 2.21. The lowest BCUT2D eigenvalue weighted by Crippen LogP contribution is -2.53. The third-order valence-corrected chi connectivity index (χ3v) is 5.22. The van der Waals surface area contributed by atoms with Gasteiger partial charge in [0.2, 0.25) is 5.91 Å². The summed E-state index contributed by atoms with van der Waals surface area (Å²) >= 11 is 0. The van der Waals surface area contributed by atoms with Gasteiger partial charge >= 0.3 is 6.09 Å². The molecule has 2 fully saturated rings. The van der Waals surface area contributed by atoms with E-state index in [0.717, 1.165) is 32.5 Å². The predicted octanol–water partition coefficient (Wildman–Crippen LogP) is 2.20. The van der Waals surface area contributed by atoms with Crippen LogP contribution in [0, 0.1) is 5.92 Å². The Balaban J connectivity index is 1.49. The van der Waals surface area contributed by atoms with Gasteiger partial charge in [-0.2, -0.15) is 0 Å². The van der Waals surface area contributed by atoms with Crippen molar-refractivity contribution in [2.45, 2.75) is 26.3 Å². The molecular weight excluding hydrogens is 330 g/mol. The van der Waals surface area contributed by atoms with Crippen molar-refractivity contribution in [1.82, 2.24) is 14.7 Å². The predicted molar refractivity (Wildman–Crippen MR) is 99.6 cm³/mol. The number of piperazine rings is 1. The van der Waals surface area contributed by atoms with Crippen LogP contribution in [0.1, 0.15) is 25.3 Å². The molecule has 0 saturated carbocycles. The maximum Gasteiger partial charge on any atom is 0.409 e. The van der Waals surface area contributed by atoms with Crippen molar-refractivity contribution in [2.24, 2.45) is 5.92 Å². The van der Waals surface area contributed by atoms with Crippen molar-refractivity contribution in [3.8, 4) is 0 Å². The van der Waals surface area contributed by atoms with E-state index in [1.54, 1.807) is 4.90 Å². The van der Waals surface area contributed by atoms with E-state index in [0.29, 0.717) is 32.8 Å². The molecule has 0 N–H and O–H groups in total. The lowest BCUT2D eigenvalue weighted by Gasteiger charge is -2.38. The number of carbonyl (C=O) groups is 2.